The monoisotopic (exact) mass is 248 g/mol. The van der Waals surface area contributed by atoms with E-state index in [1.54, 1.807) is 6.07 Å². The van der Waals surface area contributed by atoms with E-state index in [1.165, 1.54) is 0 Å². The Morgan fingerprint density at radius 1 is 1.56 bits per heavy atom. The highest BCUT2D eigenvalue weighted by Crippen LogP contribution is 2.25. The van der Waals surface area contributed by atoms with E-state index in [0.717, 1.165) is 37.1 Å². The molecule has 98 valence electrons. The van der Waals surface area contributed by atoms with E-state index in [1.807, 2.05) is 25.1 Å². The molecular weight excluding hydrogens is 228 g/mol. The van der Waals surface area contributed by atoms with Crippen molar-refractivity contribution in [2.45, 2.75) is 38.3 Å². The molecule has 1 aliphatic rings. The topological polar surface area (TPSA) is 61.4 Å². The molecule has 3 N–H and O–H groups in total. The number of nitrogens with one attached hydrogen (secondary N) is 2. The quantitative estimate of drug-likeness (QED) is 0.759. The number of benzene rings is 1. The molecule has 1 amide bonds. The van der Waals surface area contributed by atoms with Crippen LogP contribution in [0.25, 0.3) is 0 Å². The SMILES string of the molecule is CCC1(C(=O)Nc2cccc(CO)c2)CCCN1. The summed E-state index contributed by atoms with van der Waals surface area (Å²) in [5.74, 6) is 0.0255. The van der Waals surface area contributed by atoms with Crippen molar-refractivity contribution < 1.29 is 9.90 Å². The van der Waals surface area contributed by atoms with Crippen molar-refractivity contribution in [2.75, 3.05) is 11.9 Å². The van der Waals surface area contributed by atoms with Gasteiger partial charge in [-0.05, 0) is 43.5 Å². The van der Waals surface area contributed by atoms with Crippen LogP contribution in [0, 0.1) is 0 Å². The van der Waals surface area contributed by atoms with Crippen LogP contribution in [0.1, 0.15) is 31.7 Å². The van der Waals surface area contributed by atoms with Crippen molar-refractivity contribution in [3.63, 3.8) is 0 Å². The third-order valence-corrected chi connectivity index (χ3v) is 3.65. The summed E-state index contributed by atoms with van der Waals surface area (Å²) in [4.78, 5) is 12.3. The maximum atomic E-state index is 12.3. The van der Waals surface area contributed by atoms with Gasteiger partial charge in [0, 0.05) is 5.69 Å². The number of amides is 1. The van der Waals surface area contributed by atoms with Crippen molar-refractivity contribution in [3.8, 4) is 0 Å². The van der Waals surface area contributed by atoms with Gasteiger partial charge >= 0.3 is 0 Å². The van der Waals surface area contributed by atoms with Gasteiger partial charge < -0.3 is 15.7 Å². The zero-order valence-electron chi connectivity index (χ0n) is 10.7. The first kappa shape index (κ1) is 13.1. The molecule has 18 heavy (non-hydrogen) atoms. The fourth-order valence-electron chi connectivity index (χ4n) is 2.46. The molecule has 1 unspecified atom stereocenters. The van der Waals surface area contributed by atoms with Gasteiger partial charge in [-0.25, -0.2) is 0 Å². The van der Waals surface area contributed by atoms with Gasteiger partial charge in [0.05, 0.1) is 12.1 Å². The van der Waals surface area contributed by atoms with Gasteiger partial charge in [0.25, 0.3) is 0 Å². The molecule has 0 aliphatic carbocycles. The lowest BCUT2D eigenvalue weighted by Crippen LogP contribution is -2.50. The van der Waals surface area contributed by atoms with Crippen LogP contribution >= 0.6 is 0 Å². The molecule has 1 heterocycles. The number of aliphatic hydroxyl groups is 1. The molecule has 1 fully saturated rings. The molecule has 4 nitrogen and oxygen atoms in total. The molecule has 4 heteroatoms. The minimum absolute atomic E-state index is 0.0130. The maximum Gasteiger partial charge on any atom is 0.244 e. The fourth-order valence-corrected chi connectivity index (χ4v) is 2.46. The van der Waals surface area contributed by atoms with E-state index >= 15 is 0 Å². The normalized spacial score (nSPS) is 23.0. The zero-order valence-corrected chi connectivity index (χ0v) is 10.7. The van der Waals surface area contributed by atoms with Crippen LogP contribution in [0.5, 0.6) is 0 Å². The molecule has 1 atom stereocenters. The Morgan fingerprint density at radius 3 is 3.00 bits per heavy atom. The summed E-state index contributed by atoms with van der Waals surface area (Å²) in [6.07, 6.45) is 2.71. The molecule has 0 aromatic heterocycles. The van der Waals surface area contributed by atoms with Gasteiger partial charge in [-0.1, -0.05) is 19.1 Å². The largest absolute Gasteiger partial charge is 0.392 e. The number of hydrogen-bond donors (Lipinski definition) is 3. The fraction of sp³-hybridized carbons (Fsp3) is 0.500. The lowest BCUT2D eigenvalue weighted by atomic mass is 9.93. The molecular formula is C14H20N2O2. The summed E-state index contributed by atoms with van der Waals surface area (Å²) in [6, 6.07) is 7.31. The van der Waals surface area contributed by atoms with Gasteiger partial charge in [-0.15, -0.1) is 0 Å². The molecule has 1 saturated heterocycles. The summed E-state index contributed by atoms with van der Waals surface area (Å²) in [7, 11) is 0. The number of carbonyl (C=O) groups excluding carboxylic acids is 1. The van der Waals surface area contributed by atoms with Crippen LogP contribution in [0.15, 0.2) is 24.3 Å². The zero-order chi connectivity index (χ0) is 13.0. The van der Waals surface area contributed by atoms with E-state index in [4.69, 9.17) is 5.11 Å². The average Bonchev–Trinajstić information content (AvgIpc) is 2.89. The minimum Gasteiger partial charge on any atom is -0.392 e. The van der Waals surface area contributed by atoms with Crippen molar-refractivity contribution in [1.29, 1.82) is 0 Å². The number of anilines is 1. The van der Waals surface area contributed by atoms with Crippen molar-refractivity contribution in [2.24, 2.45) is 0 Å². The summed E-state index contributed by atoms with van der Waals surface area (Å²) in [6.45, 7) is 2.92. The van der Waals surface area contributed by atoms with Crippen LogP contribution in [0.3, 0.4) is 0 Å². The second-order valence-corrected chi connectivity index (χ2v) is 4.78. The average molecular weight is 248 g/mol. The standard InChI is InChI=1S/C14H20N2O2/c1-2-14(7-4-8-15-14)13(18)16-12-6-3-5-11(9-12)10-17/h3,5-6,9,15,17H,2,4,7-8,10H2,1H3,(H,16,18). The van der Waals surface area contributed by atoms with Gasteiger partial charge in [0.2, 0.25) is 5.91 Å². The molecule has 1 aliphatic heterocycles. The summed E-state index contributed by atoms with van der Waals surface area (Å²) < 4.78 is 0. The summed E-state index contributed by atoms with van der Waals surface area (Å²) >= 11 is 0. The molecule has 0 spiro atoms. The minimum atomic E-state index is -0.421. The second kappa shape index (κ2) is 5.50. The highest BCUT2D eigenvalue weighted by Gasteiger charge is 2.38. The van der Waals surface area contributed by atoms with Gasteiger partial charge in [-0.2, -0.15) is 0 Å². The Labute approximate surface area is 107 Å². The van der Waals surface area contributed by atoms with Crippen LogP contribution in [0.4, 0.5) is 5.69 Å². The van der Waals surface area contributed by atoms with Gasteiger partial charge in [0.1, 0.15) is 0 Å². The molecule has 0 radical (unpaired) electrons. The van der Waals surface area contributed by atoms with Crippen LogP contribution in [-0.4, -0.2) is 23.1 Å². The number of carbonyl (C=O) groups is 1. The first-order valence-electron chi connectivity index (χ1n) is 6.46. The highest BCUT2D eigenvalue weighted by atomic mass is 16.3. The summed E-state index contributed by atoms with van der Waals surface area (Å²) in [5.41, 5.74) is 1.13. The van der Waals surface area contributed by atoms with Gasteiger partial charge in [-0.3, -0.25) is 4.79 Å². The van der Waals surface area contributed by atoms with Crippen LogP contribution in [0.2, 0.25) is 0 Å². The molecule has 1 aromatic carbocycles. The number of hydrogen-bond acceptors (Lipinski definition) is 3. The Hall–Kier alpha value is -1.39. The predicted molar refractivity (Wildman–Crippen MR) is 71.3 cm³/mol. The molecule has 0 bridgehead atoms. The lowest BCUT2D eigenvalue weighted by molar-refractivity contribution is -0.122. The highest BCUT2D eigenvalue weighted by molar-refractivity contribution is 5.98. The Bertz CT molecular complexity index is 426. The van der Waals surface area contributed by atoms with E-state index in [-0.39, 0.29) is 12.5 Å². The first-order valence-corrected chi connectivity index (χ1v) is 6.46. The smallest absolute Gasteiger partial charge is 0.244 e. The van der Waals surface area contributed by atoms with Crippen molar-refractivity contribution >= 4 is 11.6 Å². The van der Waals surface area contributed by atoms with Crippen molar-refractivity contribution in [1.82, 2.24) is 5.32 Å². The van der Waals surface area contributed by atoms with E-state index < -0.39 is 5.54 Å². The van der Waals surface area contributed by atoms with E-state index in [0.29, 0.717) is 0 Å². The lowest BCUT2D eigenvalue weighted by Gasteiger charge is -2.26. The summed E-state index contributed by atoms with van der Waals surface area (Å²) in [5, 5.41) is 15.3. The molecule has 0 saturated carbocycles. The number of rotatable bonds is 4. The Morgan fingerprint density at radius 2 is 2.39 bits per heavy atom. The van der Waals surface area contributed by atoms with Crippen molar-refractivity contribution in [3.05, 3.63) is 29.8 Å². The van der Waals surface area contributed by atoms with Crippen LogP contribution < -0.4 is 10.6 Å². The third-order valence-electron chi connectivity index (χ3n) is 3.65. The Kier molecular flexibility index (Phi) is 3.99. The van der Waals surface area contributed by atoms with E-state index in [9.17, 15) is 4.79 Å². The maximum absolute atomic E-state index is 12.3. The number of aliphatic hydroxyl groups excluding tert-OH is 1. The first-order chi connectivity index (χ1) is 8.70. The second-order valence-electron chi connectivity index (χ2n) is 4.78. The van der Waals surface area contributed by atoms with Crippen LogP contribution in [-0.2, 0) is 11.4 Å². The molecule has 1 aromatic rings. The third kappa shape index (κ3) is 2.54. The van der Waals surface area contributed by atoms with Gasteiger partial charge in [0.15, 0.2) is 0 Å². The predicted octanol–water partition coefficient (Wildman–Crippen LogP) is 1.65. The molecule has 2 rings (SSSR count). The van der Waals surface area contributed by atoms with E-state index in [2.05, 4.69) is 10.6 Å². The Balaban J connectivity index is 2.10.